The third kappa shape index (κ3) is 4.52. The number of rotatable bonds is 6. The molecule has 1 amide bonds. The molecule has 25 heavy (non-hydrogen) atoms. The van der Waals surface area contributed by atoms with Crippen LogP contribution in [0.15, 0.2) is 28.2 Å². The van der Waals surface area contributed by atoms with Gasteiger partial charge in [0.2, 0.25) is 5.91 Å². The van der Waals surface area contributed by atoms with E-state index in [0.717, 1.165) is 36.3 Å². The SMILES string of the molecule is Cc1ccc(C)c(NC(=O)CSc2n[nH]c(=O)n2C[C@H]2CCCO2)c1. The zero-order chi connectivity index (χ0) is 17.8. The van der Waals surface area contributed by atoms with E-state index in [9.17, 15) is 9.59 Å². The van der Waals surface area contributed by atoms with Crippen molar-refractivity contribution in [3.8, 4) is 0 Å². The van der Waals surface area contributed by atoms with Crippen LogP contribution in [0, 0.1) is 13.8 Å². The zero-order valence-electron chi connectivity index (χ0n) is 14.4. The van der Waals surface area contributed by atoms with Gasteiger partial charge in [0.05, 0.1) is 18.4 Å². The molecule has 2 aromatic rings. The maximum Gasteiger partial charge on any atom is 0.344 e. The number of amides is 1. The molecular weight excluding hydrogens is 340 g/mol. The fourth-order valence-electron chi connectivity index (χ4n) is 2.75. The Bertz CT molecular complexity index is 808. The molecule has 1 atom stereocenters. The Balaban J connectivity index is 1.60. The molecule has 1 aliphatic rings. The molecule has 0 unspecified atom stereocenters. The molecule has 1 saturated heterocycles. The van der Waals surface area contributed by atoms with Gasteiger partial charge in [0.15, 0.2) is 5.16 Å². The highest BCUT2D eigenvalue weighted by molar-refractivity contribution is 7.99. The molecule has 0 saturated carbocycles. The standard InChI is InChI=1S/C17H22N4O3S/c1-11-5-6-12(2)14(8-11)18-15(22)10-25-17-20-19-16(23)21(17)9-13-4-3-7-24-13/h5-6,8,13H,3-4,7,9-10H2,1-2H3,(H,18,22)(H,19,23)/t13-/m1/s1. The average molecular weight is 362 g/mol. The van der Waals surface area contributed by atoms with E-state index in [-0.39, 0.29) is 23.5 Å². The number of H-pyrrole nitrogens is 1. The molecular formula is C17H22N4O3S. The lowest BCUT2D eigenvalue weighted by atomic mass is 10.1. The van der Waals surface area contributed by atoms with Crippen molar-refractivity contribution < 1.29 is 9.53 Å². The highest BCUT2D eigenvalue weighted by Gasteiger charge is 2.20. The van der Waals surface area contributed by atoms with E-state index in [4.69, 9.17) is 4.74 Å². The number of aromatic nitrogens is 3. The second kappa shape index (κ2) is 7.88. The Kier molecular flexibility index (Phi) is 5.60. The normalized spacial score (nSPS) is 17.0. The van der Waals surface area contributed by atoms with Crippen LogP contribution in [0.25, 0.3) is 0 Å². The number of aromatic amines is 1. The first-order valence-corrected chi connectivity index (χ1v) is 9.28. The van der Waals surface area contributed by atoms with Gasteiger partial charge in [-0.3, -0.25) is 9.36 Å². The number of ether oxygens (including phenoxy) is 1. The molecule has 7 nitrogen and oxygen atoms in total. The fraction of sp³-hybridized carbons (Fsp3) is 0.471. The third-order valence-corrected chi connectivity index (χ3v) is 5.11. The molecule has 2 N–H and O–H groups in total. The summed E-state index contributed by atoms with van der Waals surface area (Å²) in [4.78, 5) is 24.2. The van der Waals surface area contributed by atoms with E-state index in [1.54, 1.807) is 4.57 Å². The van der Waals surface area contributed by atoms with Crippen molar-refractivity contribution in [3.05, 3.63) is 39.8 Å². The lowest BCUT2D eigenvalue weighted by Gasteiger charge is -2.11. The van der Waals surface area contributed by atoms with E-state index < -0.39 is 0 Å². The van der Waals surface area contributed by atoms with Gasteiger partial charge in [-0.25, -0.2) is 9.89 Å². The lowest BCUT2D eigenvalue weighted by Crippen LogP contribution is -2.25. The van der Waals surface area contributed by atoms with Crippen LogP contribution < -0.4 is 11.0 Å². The molecule has 1 aromatic carbocycles. The van der Waals surface area contributed by atoms with Crippen LogP contribution in [0.5, 0.6) is 0 Å². The molecule has 8 heteroatoms. The minimum atomic E-state index is -0.270. The number of carbonyl (C=O) groups is 1. The molecule has 0 bridgehead atoms. The largest absolute Gasteiger partial charge is 0.376 e. The average Bonchev–Trinajstić information content (AvgIpc) is 3.21. The fourth-order valence-corrected chi connectivity index (χ4v) is 3.51. The highest BCUT2D eigenvalue weighted by Crippen LogP contribution is 2.20. The maximum absolute atomic E-state index is 12.2. The molecule has 134 valence electrons. The summed E-state index contributed by atoms with van der Waals surface area (Å²) in [6, 6.07) is 5.93. The van der Waals surface area contributed by atoms with Crippen LogP contribution in [0.3, 0.4) is 0 Å². The van der Waals surface area contributed by atoms with Gasteiger partial charge in [-0.2, -0.15) is 0 Å². The van der Waals surface area contributed by atoms with Gasteiger partial charge in [0.25, 0.3) is 0 Å². The molecule has 1 aromatic heterocycles. The topological polar surface area (TPSA) is 89.0 Å². The van der Waals surface area contributed by atoms with Gasteiger partial charge in [-0.1, -0.05) is 23.9 Å². The summed E-state index contributed by atoms with van der Waals surface area (Å²) < 4.78 is 7.12. The van der Waals surface area contributed by atoms with Gasteiger partial charge < -0.3 is 10.1 Å². The molecule has 0 spiro atoms. The van der Waals surface area contributed by atoms with Crippen LogP contribution in [0.4, 0.5) is 5.69 Å². The smallest absolute Gasteiger partial charge is 0.344 e. The number of thioether (sulfide) groups is 1. The Labute approximate surface area is 150 Å². The van der Waals surface area contributed by atoms with E-state index in [2.05, 4.69) is 15.5 Å². The summed E-state index contributed by atoms with van der Waals surface area (Å²) in [5.74, 6) is 0.0567. The van der Waals surface area contributed by atoms with Gasteiger partial charge in [-0.05, 0) is 43.9 Å². The number of nitrogens with zero attached hydrogens (tertiary/aromatic N) is 2. The first kappa shape index (κ1) is 17.8. The van der Waals surface area contributed by atoms with E-state index in [1.807, 2.05) is 32.0 Å². The summed E-state index contributed by atoms with van der Waals surface area (Å²) >= 11 is 1.24. The van der Waals surface area contributed by atoms with Gasteiger partial charge in [-0.15, -0.1) is 5.10 Å². The Morgan fingerprint density at radius 1 is 1.48 bits per heavy atom. The number of hydrogen-bond donors (Lipinski definition) is 2. The van der Waals surface area contributed by atoms with E-state index in [1.165, 1.54) is 11.8 Å². The van der Waals surface area contributed by atoms with Crippen molar-refractivity contribution in [2.75, 3.05) is 17.7 Å². The zero-order valence-corrected chi connectivity index (χ0v) is 15.2. The molecule has 0 aliphatic carbocycles. The van der Waals surface area contributed by atoms with Gasteiger partial charge in [0.1, 0.15) is 0 Å². The van der Waals surface area contributed by atoms with Crippen molar-refractivity contribution >= 4 is 23.4 Å². The Morgan fingerprint density at radius 2 is 2.32 bits per heavy atom. The summed E-state index contributed by atoms with van der Waals surface area (Å²) in [5, 5.41) is 9.89. The quantitative estimate of drug-likeness (QED) is 0.768. The van der Waals surface area contributed by atoms with Crippen LogP contribution in [-0.2, 0) is 16.1 Å². The number of hydrogen-bond acceptors (Lipinski definition) is 5. The minimum Gasteiger partial charge on any atom is -0.376 e. The summed E-state index contributed by atoms with van der Waals surface area (Å²) in [7, 11) is 0. The maximum atomic E-state index is 12.2. The van der Waals surface area contributed by atoms with Crippen molar-refractivity contribution in [2.45, 2.75) is 44.5 Å². The predicted molar refractivity (Wildman–Crippen MR) is 97.1 cm³/mol. The monoisotopic (exact) mass is 362 g/mol. The number of anilines is 1. The molecule has 2 heterocycles. The predicted octanol–water partition coefficient (Wildman–Crippen LogP) is 2.10. The van der Waals surface area contributed by atoms with Crippen LogP contribution in [0.1, 0.15) is 24.0 Å². The second-order valence-corrected chi connectivity index (χ2v) is 7.15. The molecule has 1 aliphatic heterocycles. The van der Waals surface area contributed by atoms with Gasteiger partial charge >= 0.3 is 5.69 Å². The lowest BCUT2D eigenvalue weighted by molar-refractivity contribution is -0.113. The first-order valence-electron chi connectivity index (χ1n) is 8.29. The van der Waals surface area contributed by atoms with E-state index in [0.29, 0.717) is 11.7 Å². The van der Waals surface area contributed by atoms with Crippen molar-refractivity contribution in [3.63, 3.8) is 0 Å². The summed E-state index contributed by atoms with van der Waals surface area (Å²) in [6.45, 7) is 5.14. The summed E-state index contributed by atoms with van der Waals surface area (Å²) in [6.07, 6.45) is 1.99. The number of aryl methyl sites for hydroxylation is 2. The Hall–Kier alpha value is -2.06. The molecule has 0 radical (unpaired) electrons. The number of nitrogens with one attached hydrogen (secondary N) is 2. The molecule has 3 rings (SSSR count). The van der Waals surface area contributed by atoms with Gasteiger partial charge in [0, 0.05) is 12.3 Å². The Morgan fingerprint density at radius 3 is 3.08 bits per heavy atom. The number of carbonyl (C=O) groups excluding carboxylic acids is 1. The minimum absolute atomic E-state index is 0.0402. The third-order valence-electron chi connectivity index (χ3n) is 4.13. The highest BCUT2D eigenvalue weighted by atomic mass is 32.2. The first-order chi connectivity index (χ1) is 12.0. The van der Waals surface area contributed by atoms with Crippen LogP contribution in [0.2, 0.25) is 0 Å². The van der Waals surface area contributed by atoms with Crippen LogP contribution in [-0.4, -0.2) is 39.1 Å². The van der Waals surface area contributed by atoms with Crippen molar-refractivity contribution in [1.29, 1.82) is 0 Å². The van der Waals surface area contributed by atoms with E-state index >= 15 is 0 Å². The van der Waals surface area contributed by atoms with Crippen molar-refractivity contribution in [1.82, 2.24) is 14.8 Å². The molecule has 1 fully saturated rings. The van der Waals surface area contributed by atoms with Crippen molar-refractivity contribution in [2.24, 2.45) is 0 Å². The van der Waals surface area contributed by atoms with Crippen LogP contribution >= 0.6 is 11.8 Å². The number of benzene rings is 1. The second-order valence-electron chi connectivity index (χ2n) is 6.21. The summed E-state index contributed by atoms with van der Waals surface area (Å²) in [5.41, 5.74) is 2.64.